The van der Waals surface area contributed by atoms with Crippen LogP contribution in [-0.2, 0) is 10.0 Å². The molecule has 0 saturated carbocycles. The molecular weight excluding hydrogens is 277 g/mol. The van der Waals surface area contributed by atoms with E-state index in [-0.39, 0.29) is 0 Å². The van der Waals surface area contributed by atoms with Crippen LogP contribution in [0.15, 0.2) is 11.1 Å². The van der Waals surface area contributed by atoms with E-state index in [2.05, 4.69) is 14.9 Å². The fourth-order valence-corrected chi connectivity index (χ4v) is 1.58. The predicted molar refractivity (Wildman–Crippen MR) is 51.4 cm³/mol. The van der Waals surface area contributed by atoms with Crippen LogP contribution in [0.25, 0.3) is 0 Å². The molecule has 0 fully saturated rings. The lowest BCUT2D eigenvalue weighted by atomic mass is 10.3. The molecule has 7 nitrogen and oxygen atoms in total. The highest BCUT2D eigenvalue weighted by molar-refractivity contribution is 7.89. The first-order chi connectivity index (χ1) is 8.04. The topological polar surface area (TPSA) is 132 Å². The molecule has 0 amide bonds. The van der Waals surface area contributed by atoms with Gasteiger partial charge < -0.3 is 10.5 Å². The van der Waals surface area contributed by atoms with E-state index in [1.807, 2.05) is 0 Å². The first-order valence-electron chi connectivity index (χ1n) is 4.04. The number of pyridine rings is 1. The van der Waals surface area contributed by atoms with Gasteiger partial charge in [0, 0.05) is 6.07 Å². The van der Waals surface area contributed by atoms with Crippen LogP contribution >= 0.6 is 0 Å². The zero-order valence-corrected chi connectivity index (χ0v) is 9.21. The van der Waals surface area contributed by atoms with Gasteiger partial charge in [0.1, 0.15) is 6.07 Å². The summed E-state index contributed by atoms with van der Waals surface area (Å²) in [6.07, 6.45) is -5.15. The van der Waals surface area contributed by atoms with Gasteiger partial charge in [-0.3, -0.25) is 0 Å². The molecule has 0 unspecified atom stereocenters. The van der Waals surface area contributed by atoms with Crippen molar-refractivity contribution in [1.82, 2.24) is 4.98 Å². The van der Waals surface area contributed by atoms with Gasteiger partial charge in [-0.15, -0.1) is 13.2 Å². The van der Waals surface area contributed by atoms with Gasteiger partial charge in [-0.05, 0) is 0 Å². The van der Waals surface area contributed by atoms with Crippen LogP contribution in [0, 0.1) is 11.3 Å². The maximum absolute atomic E-state index is 12.0. The molecule has 0 aliphatic heterocycles. The Balaban J connectivity index is 3.51. The summed E-state index contributed by atoms with van der Waals surface area (Å²) in [6.45, 7) is 0. The minimum Gasteiger partial charge on any atom is -0.403 e. The largest absolute Gasteiger partial charge is 0.573 e. The predicted octanol–water partition coefficient (Wildman–Crippen LogP) is 0.0815. The fourth-order valence-electron chi connectivity index (χ4n) is 0.984. The Hall–Kier alpha value is -2.06. The molecule has 0 spiro atoms. The summed E-state index contributed by atoms with van der Waals surface area (Å²) < 4.78 is 61.6. The second-order valence-corrected chi connectivity index (χ2v) is 4.41. The fraction of sp³-hybridized carbons (Fsp3) is 0.143. The van der Waals surface area contributed by atoms with E-state index in [4.69, 9.17) is 11.0 Å². The number of alkyl halides is 3. The number of nitrogens with two attached hydrogens (primary N) is 2. The number of nitrogen functional groups attached to an aromatic ring is 1. The number of anilines is 1. The summed E-state index contributed by atoms with van der Waals surface area (Å²) in [5, 5.41) is 12.0. The van der Waals surface area contributed by atoms with E-state index in [0.29, 0.717) is 6.07 Å². The third-order valence-corrected chi connectivity index (χ3v) is 2.42. The van der Waals surface area contributed by atoms with Gasteiger partial charge in [0.05, 0.1) is 5.69 Å². The molecule has 0 bridgehead atoms. The number of hydrogen-bond acceptors (Lipinski definition) is 6. The summed E-state index contributed by atoms with van der Waals surface area (Å²) in [5.74, 6) is -1.19. The summed E-state index contributed by atoms with van der Waals surface area (Å²) >= 11 is 0. The van der Waals surface area contributed by atoms with Crippen molar-refractivity contribution in [3.05, 3.63) is 11.8 Å². The van der Waals surface area contributed by atoms with E-state index in [0.717, 1.165) is 0 Å². The zero-order valence-electron chi connectivity index (χ0n) is 8.39. The van der Waals surface area contributed by atoms with Crippen molar-refractivity contribution >= 4 is 15.7 Å². The number of primary sulfonamides is 1. The Morgan fingerprint density at radius 3 is 2.39 bits per heavy atom. The Labute approximate surface area is 98.8 Å². The molecular formula is C7H5F3N4O3S. The molecule has 11 heteroatoms. The van der Waals surface area contributed by atoms with Crippen LogP contribution in [0.5, 0.6) is 5.75 Å². The van der Waals surface area contributed by atoms with E-state index in [1.54, 1.807) is 0 Å². The third-order valence-electron chi connectivity index (χ3n) is 1.59. The minimum atomic E-state index is -5.15. The summed E-state index contributed by atoms with van der Waals surface area (Å²) in [5.41, 5.74) is 4.15. The molecule has 18 heavy (non-hydrogen) atoms. The summed E-state index contributed by atoms with van der Waals surface area (Å²) in [7, 11) is -4.60. The van der Waals surface area contributed by atoms with Gasteiger partial charge in [0.25, 0.3) is 10.0 Å². The van der Waals surface area contributed by atoms with Crippen LogP contribution in [0.1, 0.15) is 5.69 Å². The SMILES string of the molecule is N#Cc1nc(S(N)(=O)=O)c(OC(F)(F)F)cc1N. The number of rotatable bonds is 2. The molecule has 0 atom stereocenters. The van der Waals surface area contributed by atoms with E-state index in [1.165, 1.54) is 6.07 Å². The summed E-state index contributed by atoms with van der Waals surface area (Å²) in [6, 6.07) is 1.92. The van der Waals surface area contributed by atoms with Crippen molar-refractivity contribution in [3.63, 3.8) is 0 Å². The maximum atomic E-state index is 12.0. The van der Waals surface area contributed by atoms with Gasteiger partial charge in [0.15, 0.2) is 11.4 Å². The van der Waals surface area contributed by atoms with Gasteiger partial charge in [0.2, 0.25) is 5.03 Å². The average molecular weight is 282 g/mol. The molecule has 1 aromatic heterocycles. The molecule has 98 valence electrons. The number of halogens is 3. The first-order valence-corrected chi connectivity index (χ1v) is 5.58. The molecule has 0 saturated heterocycles. The van der Waals surface area contributed by atoms with Crippen LogP contribution in [-0.4, -0.2) is 19.8 Å². The Bertz CT molecular complexity index is 620. The Morgan fingerprint density at radius 2 is 2.00 bits per heavy atom. The van der Waals surface area contributed by atoms with Crippen LogP contribution in [0.3, 0.4) is 0 Å². The molecule has 0 aliphatic rings. The number of nitriles is 1. The second-order valence-electron chi connectivity index (χ2n) is 2.93. The van der Waals surface area contributed by atoms with E-state index in [9.17, 15) is 21.6 Å². The molecule has 4 N–H and O–H groups in total. The van der Waals surface area contributed by atoms with Crippen LogP contribution in [0.4, 0.5) is 18.9 Å². The normalized spacial score (nSPS) is 11.9. The molecule has 0 aromatic carbocycles. The van der Waals surface area contributed by atoms with Crippen molar-refractivity contribution in [1.29, 1.82) is 5.26 Å². The second kappa shape index (κ2) is 4.31. The van der Waals surface area contributed by atoms with Crippen molar-refractivity contribution < 1.29 is 26.3 Å². The van der Waals surface area contributed by atoms with Crippen molar-refractivity contribution in [2.45, 2.75) is 11.4 Å². The smallest absolute Gasteiger partial charge is 0.403 e. The van der Waals surface area contributed by atoms with Gasteiger partial charge in [-0.25, -0.2) is 18.5 Å². The molecule has 0 radical (unpaired) electrons. The number of aromatic nitrogens is 1. The molecule has 1 aromatic rings. The van der Waals surface area contributed by atoms with Crippen molar-refractivity contribution in [2.75, 3.05) is 5.73 Å². The number of nitrogens with zero attached hydrogens (tertiary/aromatic N) is 2. The van der Waals surface area contributed by atoms with Crippen LogP contribution in [0.2, 0.25) is 0 Å². The number of hydrogen-bond donors (Lipinski definition) is 2. The highest BCUT2D eigenvalue weighted by Gasteiger charge is 2.34. The van der Waals surface area contributed by atoms with Gasteiger partial charge in [-0.1, -0.05) is 0 Å². The third kappa shape index (κ3) is 3.22. The molecule has 1 rings (SSSR count). The van der Waals surface area contributed by atoms with Crippen molar-refractivity contribution in [2.24, 2.45) is 5.14 Å². The zero-order chi connectivity index (χ0) is 14.1. The molecule has 0 aliphatic carbocycles. The number of sulfonamides is 1. The monoisotopic (exact) mass is 282 g/mol. The standard InChI is InChI=1S/C7H5F3N4O3S/c8-7(9,10)17-5-1-3(12)4(2-11)14-6(5)18(13,15)16/h1H,12H2,(H2,13,15,16). The lowest BCUT2D eigenvalue weighted by Crippen LogP contribution is -2.22. The summed E-state index contributed by atoms with van der Waals surface area (Å²) in [4.78, 5) is 3.12. The Kier molecular flexibility index (Phi) is 3.36. The van der Waals surface area contributed by atoms with Gasteiger partial charge in [-0.2, -0.15) is 5.26 Å². The quantitative estimate of drug-likeness (QED) is 0.789. The highest BCUT2D eigenvalue weighted by atomic mass is 32.2. The maximum Gasteiger partial charge on any atom is 0.573 e. The first kappa shape index (κ1) is 14.0. The number of ether oxygens (including phenoxy) is 1. The van der Waals surface area contributed by atoms with Crippen LogP contribution < -0.4 is 15.6 Å². The average Bonchev–Trinajstić information content (AvgIpc) is 2.13. The minimum absolute atomic E-state index is 0.468. The lowest BCUT2D eigenvalue weighted by molar-refractivity contribution is -0.275. The molecule has 1 heterocycles. The van der Waals surface area contributed by atoms with E-state index >= 15 is 0 Å². The lowest BCUT2D eigenvalue weighted by Gasteiger charge is -2.12. The highest BCUT2D eigenvalue weighted by Crippen LogP contribution is 2.30. The van der Waals surface area contributed by atoms with Crippen molar-refractivity contribution in [3.8, 4) is 11.8 Å². The van der Waals surface area contributed by atoms with E-state index < -0.39 is 38.5 Å². The Morgan fingerprint density at radius 1 is 1.44 bits per heavy atom. The van der Waals surface area contributed by atoms with Gasteiger partial charge >= 0.3 is 6.36 Å².